The molecule has 5 nitrogen and oxygen atoms in total. The lowest BCUT2D eigenvalue weighted by Crippen LogP contribution is -2.48. The average molecular weight is 374 g/mol. The molecule has 1 aromatic heterocycles. The van der Waals surface area contributed by atoms with Crippen molar-refractivity contribution in [3.05, 3.63) is 71.9 Å². The van der Waals surface area contributed by atoms with Crippen LogP contribution < -0.4 is 5.32 Å². The van der Waals surface area contributed by atoms with Gasteiger partial charge in [-0.1, -0.05) is 25.1 Å². The van der Waals surface area contributed by atoms with E-state index in [2.05, 4.69) is 46.4 Å². The number of aromatic nitrogens is 1. The van der Waals surface area contributed by atoms with Crippen LogP contribution in [0.25, 0.3) is 10.9 Å². The largest absolute Gasteiger partial charge is 0.381 e. The second kappa shape index (κ2) is 8.40. The van der Waals surface area contributed by atoms with Crippen LogP contribution in [0, 0.1) is 0 Å². The number of carbonyl (C=O) groups is 1. The fourth-order valence-corrected chi connectivity index (χ4v) is 3.61. The molecular formula is C23H26N4O. The van der Waals surface area contributed by atoms with Gasteiger partial charge in [-0.2, -0.15) is 0 Å². The van der Waals surface area contributed by atoms with Gasteiger partial charge in [-0.15, -0.1) is 0 Å². The molecule has 0 radical (unpaired) electrons. The van der Waals surface area contributed by atoms with Gasteiger partial charge in [0, 0.05) is 55.6 Å². The Balaban J connectivity index is 1.35. The van der Waals surface area contributed by atoms with E-state index in [1.165, 1.54) is 5.56 Å². The molecule has 1 aliphatic heterocycles. The van der Waals surface area contributed by atoms with Crippen molar-refractivity contribution in [3.8, 4) is 0 Å². The lowest BCUT2D eigenvalue weighted by atomic mass is 10.1. The molecule has 1 fully saturated rings. The number of likely N-dealkylation sites (N-methyl/N-ethyl adjacent to an activating group) is 1. The first-order valence-corrected chi connectivity index (χ1v) is 9.92. The summed E-state index contributed by atoms with van der Waals surface area (Å²) in [6.07, 6.45) is 1.82. The van der Waals surface area contributed by atoms with Crippen molar-refractivity contribution in [1.82, 2.24) is 14.8 Å². The summed E-state index contributed by atoms with van der Waals surface area (Å²) >= 11 is 0. The van der Waals surface area contributed by atoms with Crippen LogP contribution in [0.3, 0.4) is 0 Å². The van der Waals surface area contributed by atoms with E-state index >= 15 is 0 Å². The number of carbonyl (C=O) groups excluding carboxylic acids is 1. The molecule has 0 bridgehead atoms. The summed E-state index contributed by atoms with van der Waals surface area (Å²) in [7, 11) is 0. The van der Waals surface area contributed by atoms with Crippen LogP contribution in [0.5, 0.6) is 0 Å². The van der Waals surface area contributed by atoms with E-state index in [0.717, 1.165) is 61.4 Å². The van der Waals surface area contributed by atoms with Crippen molar-refractivity contribution in [2.75, 3.05) is 38.0 Å². The van der Waals surface area contributed by atoms with Crippen molar-refractivity contribution in [1.29, 1.82) is 0 Å². The molecule has 0 atom stereocenters. The summed E-state index contributed by atoms with van der Waals surface area (Å²) in [6.45, 7) is 7.47. The first kappa shape index (κ1) is 18.4. The van der Waals surface area contributed by atoms with Crippen LogP contribution in [0.2, 0.25) is 0 Å². The van der Waals surface area contributed by atoms with E-state index in [0.29, 0.717) is 0 Å². The maximum absolute atomic E-state index is 12.7. The summed E-state index contributed by atoms with van der Waals surface area (Å²) in [4.78, 5) is 21.4. The Morgan fingerprint density at radius 1 is 1.04 bits per heavy atom. The number of amides is 1. The third kappa shape index (κ3) is 4.15. The number of rotatable bonds is 5. The topological polar surface area (TPSA) is 48.5 Å². The minimum absolute atomic E-state index is 0.128. The smallest absolute Gasteiger partial charge is 0.253 e. The van der Waals surface area contributed by atoms with Crippen LogP contribution in [-0.4, -0.2) is 53.4 Å². The summed E-state index contributed by atoms with van der Waals surface area (Å²) in [5.41, 5.74) is 3.95. The quantitative estimate of drug-likeness (QED) is 0.741. The first-order valence-electron chi connectivity index (χ1n) is 9.92. The van der Waals surface area contributed by atoms with Gasteiger partial charge < -0.3 is 15.1 Å². The summed E-state index contributed by atoms with van der Waals surface area (Å²) in [6, 6.07) is 18.1. The van der Waals surface area contributed by atoms with Gasteiger partial charge in [0.25, 0.3) is 5.91 Å². The zero-order chi connectivity index (χ0) is 19.3. The zero-order valence-corrected chi connectivity index (χ0v) is 16.3. The average Bonchev–Trinajstić information content (AvgIpc) is 2.77. The molecule has 4 rings (SSSR count). The number of nitrogens with zero attached hydrogens (tertiary/aromatic N) is 3. The fourth-order valence-electron chi connectivity index (χ4n) is 3.61. The normalized spacial score (nSPS) is 15.0. The summed E-state index contributed by atoms with van der Waals surface area (Å²) in [5.74, 6) is 0.128. The van der Waals surface area contributed by atoms with Gasteiger partial charge >= 0.3 is 0 Å². The second-order valence-electron chi connectivity index (χ2n) is 7.19. The van der Waals surface area contributed by atoms with Crippen molar-refractivity contribution in [2.45, 2.75) is 13.5 Å². The molecule has 144 valence electrons. The Kier molecular flexibility index (Phi) is 5.53. The van der Waals surface area contributed by atoms with Crippen molar-refractivity contribution in [3.63, 3.8) is 0 Å². The van der Waals surface area contributed by atoms with Crippen LogP contribution in [0.1, 0.15) is 22.8 Å². The minimum atomic E-state index is 0.128. The van der Waals surface area contributed by atoms with Crippen LogP contribution in [0.15, 0.2) is 60.8 Å². The standard InChI is InChI=1S/C23H26N4O/c1-2-26-12-14-27(15-13-26)23(28)20-7-9-21(10-8-20)25-17-18-5-6-19-4-3-11-24-22(19)16-18/h3-11,16,25H,2,12-15,17H2,1H3. The SMILES string of the molecule is CCN1CCN(C(=O)c2ccc(NCc3ccc4cccnc4c3)cc2)CC1. The van der Waals surface area contributed by atoms with Gasteiger partial charge in [0.15, 0.2) is 0 Å². The number of hydrogen-bond donors (Lipinski definition) is 1. The zero-order valence-electron chi connectivity index (χ0n) is 16.3. The van der Waals surface area contributed by atoms with Gasteiger partial charge in [-0.05, 0) is 48.5 Å². The van der Waals surface area contributed by atoms with E-state index in [1.807, 2.05) is 41.4 Å². The lowest BCUT2D eigenvalue weighted by molar-refractivity contribution is 0.0643. The Morgan fingerprint density at radius 2 is 1.82 bits per heavy atom. The number of piperazine rings is 1. The van der Waals surface area contributed by atoms with E-state index in [4.69, 9.17) is 0 Å². The highest BCUT2D eigenvalue weighted by molar-refractivity contribution is 5.94. The molecule has 1 amide bonds. The van der Waals surface area contributed by atoms with Crippen LogP contribution in [0.4, 0.5) is 5.69 Å². The van der Waals surface area contributed by atoms with Gasteiger partial charge in [-0.3, -0.25) is 9.78 Å². The Labute approximate surface area is 166 Å². The molecule has 0 spiro atoms. The number of nitrogens with one attached hydrogen (secondary N) is 1. The molecule has 0 aliphatic carbocycles. The van der Waals surface area contributed by atoms with Crippen LogP contribution >= 0.6 is 0 Å². The Bertz CT molecular complexity index is 946. The maximum Gasteiger partial charge on any atom is 0.253 e. The predicted molar refractivity (Wildman–Crippen MR) is 114 cm³/mol. The highest BCUT2D eigenvalue weighted by Gasteiger charge is 2.21. The minimum Gasteiger partial charge on any atom is -0.381 e. The number of anilines is 1. The summed E-state index contributed by atoms with van der Waals surface area (Å²) < 4.78 is 0. The van der Waals surface area contributed by atoms with Crippen molar-refractivity contribution in [2.24, 2.45) is 0 Å². The fraction of sp³-hybridized carbons (Fsp3) is 0.304. The molecule has 3 aromatic rings. The molecule has 0 saturated carbocycles. The van der Waals surface area contributed by atoms with Gasteiger partial charge in [0.05, 0.1) is 5.52 Å². The molecule has 1 saturated heterocycles. The van der Waals surface area contributed by atoms with Gasteiger partial charge in [0.1, 0.15) is 0 Å². The number of fused-ring (bicyclic) bond motifs is 1. The highest BCUT2D eigenvalue weighted by atomic mass is 16.2. The molecule has 0 unspecified atom stereocenters. The molecule has 1 aliphatic rings. The third-order valence-corrected chi connectivity index (χ3v) is 5.41. The van der Waals surface area contributed by atoms with Crippen molar-refractivity contribution >= 4 is 22.5 Å². The molecule has 1 N–H and O–H groups in total. The van der Waals surface area contributed by atoms with E-state index < -0.39 is 0 Å². The Hall–Kier alpha value is -2.92. The molecule has 2 heterocycles. The van der Waals surface area contributed by atoms with E-state index in [1.54, 1.807) is 0 Å². The summed E-state index contributed by atoms with van der Waals surface area (Å²) in [5, 5.41) is 4.57. The van der Waals surface area contributed by atoms with E-state index in [-0.39, 0.29) is 5.91 Å². The molecule has 28 heavy (non-hydrogen) atoms. The molecular weight excluding hydrogens is 348 g/mol. The number of benzene rings is 2. The third-order valence-electron chi connectivity index (χ3n) is 5.41. The number of hydrogen-bond acceptors (Lipinski definition) is 4. The van der Waals surface area contributed by atoms with Gasteiger partial charge in [-0.25, -0.2) is 0 Å². The predicted octanol–water partition coefficient (Wildman–Crippen LogP) is 3.62. The molecule has 5 heteroatoms. The van der Waals surface area contributed by atoms with Crippen LogP contribution in [-0.2, 0) is 6.54 Å². The first-order chi connectivity index (χ1) is 13.7. The van der Waals surface area contributed by atoms with E-state index in [9.17, 15) is 4.79 Å². The van der Waals surface area contributed by atoms with Gasteiger partial charge in [0.2, 0.25) is 0 Å². The maximum atomic E-state index is 12.7. The monoisotopic (exact) mass is 374 g/mol. The molecule has 2 aromatic carbocycles. The Morgan fingerprint density at radius 3 is 2.57 bits per heavy atom. The number of pyridine rings is 1. The second-order valence-corrected chi connectivity index (χ2v) is 7.19. The highest BCUT2D eigenvalue weighted by Crippen LogP contribution is 2.17. The lowest BCUT2D eigenvalue weighted by Gasteiger charge is -2.34. The van der Waals surface area contributed by atoms with Crippen molar-refractivity contribution < 1.29 is 4.79 Å².